The van der Waals surface area contributed by atoms with E-state index in [0.29, 0.717) is 19.4 Å². The molecule has 1 atom stereocenters. The van der Waals surface area contributed by atoms with Crippen LogP contribution in [0.2, 0.25) is 0 Å². The van der Waals surface area contributed by atoms with Gasteiger partial charge in [-0.25, -0.2) is 0 Å². The third kappa shape index (κ3) is 3.47. The summed E-state index contributed by atoms with van der Waals surface area (Å²) in [5, 5.41) is 18.6. The molecule has 92 valence electrons. The minimum atomic E-state index is -0.428. The van der Waals surface area contributed by atoms with Gasteiger partial charge in [-0.3, -0.25) is 0 Å². The van der Waals surface area contributed by atoms with Gasteiger partial charge in [-0.15, -0.1) is 0 Å². The second-order valence-corrected chi connectivity index (χ2v) is 3.97. The van der Waals surface area contributed by atoms with Crippen molar-refractivity contribution < 1.29 is 5.11 Å². The van der Waals surface area contributed by atoms with Crippen molar-refractivity contribution in [3.63, 3.8) is 0 Å². The first-order valence-corrected chi connectivity index (χ1v) is 6.13. The highest BCUT2D eigenvalue weighted by Crippen LogP contribution is 2.28. The van der Waals surface area contributed by atoms with E-state index in [4.69, 9.17) is 5.26 Å². The van der Waals surface area contributed by atoms with Crippen molar-refractivity contribution in [2.24, 2.45) is 0 Å². The van der Waals surface area contributed by atoms with Gasteiger partial charge in [0.25, 0.3) is 0 Å². The molecule has 0 aliphatic heterocycles. The summed E-state index contributed by atoms with van der Waals surface area (Å²) in [5.41, 5.74) is 1.99. The Balaban J connectivity index is 2.98. The molecule has 0 amide bonds. The number of benzene rings is 1. The number of para-hydroxylation sites is 1. The van der Waals surface area contributed by atoms with E-state index in [1.165, 1.54) is 0 Å². The van der Waals surface area contributed by atoms with E-state index in [-0.39, 0.29) is 0 Å². The number of nitrogens with zero attached hydrogens (tertiary/aromatic N) is 2. The summed E-state index contributed by atoms with van der Waals surface area (Å²) in [5.74, 6) is 0. The SMILES string of the molecule is CC[C@@H](O)c1ccccc1N(CC)CCC#N. The number of hydrogen-bond acceptors (Lipinski definition) is 3. The minimum absolute atomic E-state index is 0.428. The third-order valence-corrected chi connectivity index (χ3v) is 2.90. The van der Waals surface area contributed by atoms with E-state index in [9.17, 15) is 5.11 Å². The van der Waals surface area contributed by atoms with Gasteiger partial charge in [-0.2, -0.15) is 5.26 Å². The highest BCUT2D eigenvalue weighted by atomic mass is 16.3. The van der Waals surface area contributed by atoms with Crippen LogP contribution < -0.4 is 4.90 Å². The monoisotopic (exact) mass is 232 g/mol. The molecule has 1 N–H and O–H groups in total. The van der Waals surface area contributed by atoms with Crippen molar-refractivity contribution in [2.75, 3.05) is 18.0 Å². The van der Waals surface area contributed by atoms with Gasteiger partial charge in [0.2, 0.25) is 0 Å². The summed E-state index contributed by atoms with van der Waals surface area (Å²) >= 11 is 0. The van der Waals surface area contributed by atoms with Crippen LogP contribution >= 0.6 is 0 Å². The van der Waals surface area contributed by atoms with Crippen LogP contribution in [-0.4, -0.2) is 18.2 Å². The number of aliphatic hydroxyl groups excluding tert-OH is 1. The van der Waals surface area contributed by atoms with Gasteiger partial charge >= 0.3 is 0 Å². The van der Waals surface area contributed by atoms with E-state index in [0.717, 1.165) is 17.8 Å². The van der Waals surface area contributed by atoms with Crippen LogP contribution in [0.4, 0.5) is 5.69 Å². The number of aliphatic hydroxyl groups is 1. The van der Waals surface area contributed by atoms with E-state index in [1.807, 2.05) is 31.2 Å². The molecule has 0 fully saturated rings. The molecule has 0 spiro atoms. The number of nitriles is 1. The van der Waals surface area contributed by atoms with E-state index < -0.39 is 6.10 Å². The fourth-order valence-electron chi connectivity index (χ4n) is 1.91. The first kappa shape index (κ1) is 13.5. The lowest BCUT2D eigenvalue weighted by molar-refractivity contribution is 0.174. The predicted octanol–water partition coefficient (Wildman–Crippen LogP) is 2.87. The molecular weight excluding hydrogens is 212 g/mol. The van der Waals surface area contributed by atoms with E-state index >= 15 is 0 Å². The van der Waals surface area contributed by atoms with Gasteiger partial charge in [0.05, 0.1) is 18.6 Å². The predicted molar refractivity (Wildman–Crippen MR) is 69.8 cm³/mol. The first-order valence-electron chi connectivity index (χ1n) is 6.13. The van der Waals surface area contributed by atoms with Crippen molar-refractivity contribution in [1.82, 2.24) is 0 Å². The molecule has 1 aromatic carbocycles. The van der Waals surface area contributed by atoms with Crippen LogP contribution in [0.1, 0.15) is 38.4 Å². The molecule has 0 saturated heterocycles. The molecule has 0 aromatic heterocycles. The van der Waals surface area contributed by atoms with Crippen LogP contribution in [0.25, 0.3) is 0 Å². The topological polar surface area (TPSA) is 47.3 Å². The maximum Gasteiger partial charge on any atom is 0.0807 e. The summed E-state index contributed by atoms with van der Waals surface area (Å²) in [6.07, 6.45) is 0.777. The van der Waals surface area contributed by atoms with Crippen LogP contribution in [0.15, 0.2) is 24.3 Å². The van der Waals surface area contributed by atoms with Crippen molar-refractivity contribution in [1.29, 1.82) is 5.26 Å². The van der Waals surface area contributed by atoms with Crippen molar-refractivity contribution in [3.8, 4) is 6.07 Å². The molecule has 3 nitrogen and oxygen atoms in total. The lowest BCUT2D eigenvalue weighted by Gasteiger charge is -2.26. The van der Waals surface area contributed by atoms with Gasteiger partial charge in [-0.05, 0) is 19.4 Å². The smallest absolute Gasteiger partial charge is 0.0807 e. The van der Waals surface area contributed by atoms with Gasteiger partial charge in [0.1, 0.15) is 0 Å². The van der Waals surface area contributed by atoms with E-state index in [2.05, 4.69) is 17.9 Å². The van der Waals surface area contributed by atoms with Crippen molar-refractivity contribution >= 4 is 5.69 Å². The summed E-state index contributed by atoms with van der Waals surface area (Å²) in [6, 6.07) is 10.0. The Kier molecular flexibility index (Phi) is 5.51. The zero-order valence-electron chi connectivity index (χ0n) is 10.6. The average molecular weight is 232 g/mol. The maximum atomic E-state index is 9.99. The van der Waals surface area contributed by atoms with E-state index in [1.54, 1.807) is 0 Å². The molecule has 0 aliphatic rings. The molecule has 0 bridgehead atoms. The minimum Gasteiger partial charge on any atom is -0.388 e. The molecule has 3 heteroatoms. The third-order valence-electron chi connectivity index (χ3n) is 2.90. The number of hydrogen-bond donors (Lipinski definition) is 1. The van der Waals surface area contributed by atoms with Crippen molar-refractivity contribution in [2.45, 2.75) is 32.8 Å². The molecule has 0 heterocycles. The lowest BCUT2D eigenvalue weighted by atomic mass is 10.0. The van der Waals surface area contributed by atoms with Gasteiger partial charge < -0.3 is 10.0 Å². The van der Waals surface area contributed by atoms with Gasteiger partial charge in [0, 0.05) is 24.3 Å². The molecule has 0 radical (unpaired) electrons. The van der Waals surface area contributed by atoms with Crippen LogP contribution in [-0.2, 0) is 0 Å². The zero-order chi connectivity index (χ0) is 12.7. The molecular formula is C14H20N2O. The Morgan fingerprint density at radius 1 is 1.35 bits per heavy atom. The zero-order valence-corrected chi connectivity index (χ0v) is 10.6. The van der Waals surface area contributed by atoms with Gasteiger partial charge in [-0.1, -0.05) is 25.1 Å². The van der Waals surface area contributed by atoms with Crippen LogP contribution in [0.3, 0.4) is 0 Å². The normalized spacial score (nSPS) is 11.9. The first-order chi connectivity index (χ1) is 8.24. The Labute approximate surface area is 103 Å². The lowest BCUT2D eigenvalue weighted by Crippen LogP contribution is -2.25. The molecule has 1 rings (SSSR count). The largest absolute Gasteiger partial charge is 0.388 e. The number of anilines is 1. The fourth-order valence-corrected chi connectivity index (χ4v) is 1.91. The van der Waals surface area contributed by atoms with Crippen LogP contribution in [0.5, 0.6) is 0 Å². The van der Waals surface area contributed by atoms with Gasteiger partial charge in [0.15, 0.2) is 0 Å². The number of rotatable bonds is 6. The maximum absolute atomic E-state index is 9.99. The van der Waals surface area contributed by atoms with Crippen molar-refractivity contribution in [3.05, 3.63) is 29.8 Å². The summed E-state index contributed by atoms with van der Waals surface area (Å²) in [7, 11) is 0. The second kappa shape index (κ2) is 6.93. The Bertz CT molecular complexity index is 384. The quantitative estimate of drug-likeness (QED) is 0.820. The summed E-state index contributed by atoms with van der Waals surface area (Å²) < 4.78 is 0. The summed E-state index contributed by atoms with van der Waals surface area (Å²) in [6.45, 7) is 5.58. The Morgan fingerprint density at radius 3 is 2.65 bits per heavy atom. The van der Waals surface area contributed by atoms with Crippen LogP contribution in [0, 0.1) is 11.3 Å². The Hall–Kier alpha value is -1.53. The second-order valence-electron chi connectivity index (χ2n) is 3.97. The summed E-state index contributed by atoms with van der Waals surface area (Å²) in [4.78, 5) is 2.14. The highest BCUT2D eigenvalue weighted by Gasteiger charge is 2.14. The molecule has 1 aromatic rings. The molecule has 0 aliphatic carbocycles. The average Bonchev–Trinajstić information content (AvgIpc) is 2.39. The Morgan fingerprint density at radius 2 is 2.06 bits per heavy atom. The standard InChI is InChI=1S/C14H20N2O/c1-3-14(17)12-8-5-6-9-13(12)16(4-2)11-7-10-15/h5-6,8-9,14,17H,3-4,7,11H2,1-2H3/t14-/m1/s1. The molecule has 17 heavy (non-hydrogen) atoms. The highest BCUT2D eigenvalue weighted by molar-refractivity contribution is 5.54. The molecule has 0 saturated carbocycles. The fraction of sp³-hybridized carbons (Fsp3) is 0.500. The molecule has 0 unspecified atom stereocenters.